The van der Waals surface area contributed by atoms with Crippen LogP contribution in [0.3, 0.4) is 0 Å². The smallest absolute Gasteiger partial charge is 0.329 e. The lowest BCUT2D eigenvalue weighted by molar-refractivity contribution is -0.159. The second-order valence-electron chi connectivity index (χ2n) is 7.33. The minimum atomic E-state index is -1.08. The average molecular weight is 381 g/mol. The Bertz CT molecular complexity index is 609. The quantitative estimate of drug-likeness (QED) is 0.463. The molecule has 2 N–H and O–H groups in total. The number of carbonyl (C=O) groups is 5. The fourth-order valence-electron chi connectivity index (χ4n) is 3.54. The van der Waals surface area contributed by atoms with Crippen molar-refractivity contribution in [1.29, 1.82) is 0 Å². The van der Waals surface area contributed by atoms with Crippen molar-refractivity contribution in [2.24, 2.45) is 11.8 Å². The molecule has 4 amide bonds. The number of amides is 4. The standard InChI is InChI=1S/C18H27N3O6/c1-10(2)20-14(22)8-19-15(23)9-27-18(26)11(3)21-16(24)12-6-4-5-7-13(12)17(21)25/h10-13H,4-9H2,1-3H3,(H,19,23)(H,20,22)/t11-,12-,13-/m0/s1. The maximum absolute atomic E-state index is 12.5. The van der Waals surface area contributed by atoms with Gasteiger partial charge in [0.15, 0.2) is 6.61 Å². The van der Waals surface area contributed by atoms with Crippen molar-refractivity contribution in [3.63, 3.8) is 0 Å². The van der Waals surface area contributed by atoms with Crippen LogP contribution in [-0.2, 0) is 28.7 Å². The molecule has 9 heteroatoms. The van der Waals surface area contributed by atoms with Gasteiger partial charge >= 0.3 is 5.97 Å². The van der Waals surface area contributed by atoms with E-state index in [2.05, 4.69) is 10.6 Å². The molecule has 0 unspecified atom stereocenters. The first-order valence-corrected chi connectivity index (χ1v) is 9.32. The molecule has 0 bridgehead atoms. The molecule has 1 heterocycles. The summed E-state index contributed by atoms with van der Waals surface area (Å²) in [4.78, 5) is 61.3. The average Bonchev–Trinajstić information content (AvgIpc) is 2.88. The highest BCUT2D eigenvalue weighted by atomic mass is 16.5. The van der Waals surface area contributed by atoms with E-state index in [9.17, 15) is 24.0 Å². The zero-order valence-electron chi connectivity index (χ0n) is 15.9. The predicted molar refractivity (Wildman–Crippen MR) is 94.0 cm³/mol. The number of likely N-dealkylation sites (tertiary alicyclic amines) is 1. The van der Waals surface area contributed by atoms with Gasteiger partial charge in [0.25, 0.3) is 5.91 Å². The normalized spacial score (nSPS) is 23.0. The molecule has 0 aromatic heterocycles. The van der Waals surface area contributed by atoms with Gasteiger partial charge in [0.1, 0.15) is 6.04 Å². The van der Waals surface area contributed by atoms with Crippen LogP contribution in [-0.4, -0.2) is 59.7 Å². The SMILES string of the molecule is CC(C)NC(=O)CNC(=O)COC(=O)[C@H](C)N1C(=O)[C@H]2CCCC[C@@H]2C1=O. The number of hydrogen-bond acceptors (Lipinski definition) is 6. The maximum atomic E-state index is 12.5. The molecular formula is C18H27N3O6. The van der Waals surface area contributed by atoms with Crippen molar-refractivity contribution in [2.45, 2.75) is 58.5 Å². The van der Waals surface area contributed by atoms with Crippen LogP contribution in [0.25, 0.3) is 0 Å². The maximum Gasteiger partial charge on any atom is 0.329 e. The van der Waals surface area contributed by atoms with Crippen LogP contribution in [0.4, 0.5) is 0 Å². The monoisotopic (exact) mass is 381 g/mol. The molecule has 0 radical (unpaired) electrons. The van der Waals surface area contributed by atoms with Crippen LogP contribution in [0.1, 0.15) is 46.5 Å². The van der Waals surface area contributed by atoms with Crippen LogP contribution in [0.15, 0.2) is 0 Å². The third-order valence-electron chi connectivity index (χ3n) is 4.84. The lowest BCUT2D eigenvalue weighted by Gasteiger charge is -2.21. The van der Waals surface area contributed by atoms with E-state index < -0.39 is 24.5 Å². The number of hydrogen-bond donors (Lipinski definition) is 2. The van der Waals surface area contributed by atoms with Crippen molar-refractivity contribution >= 4 is 29.6 Å². The van der Waals surface area contributed by atoms with E-state index in [0.29, 0.717) is 12.8 Å². The number of nitrogens with one attached hydrogen (secondary N) is 2. The van der Waals surface area contributed by atoms with Gasteiger partial charge in [-0.25, -0.2) is 4.79 Å². The van der Waals surface area contributed by atoms with Crippen molar-refractivity contribution in [2.75, 3.05) is 13.2 Å². The molecule has 1 saturated heterocycles. The molecule has 0 aromatic rings. The Balaban J connectivity index is 1.81. The summed E-state index contributed by atoms with van der Waals surface area (Å²) < 4.78 is 4.91. The summed E-state index contributed by atoms with van der Waals surface area (Å²) in [7, 11) is 0. The largest absolute Gasteiger partial charge is 0.454 e. The predicted octanol–water partition coefficient (Wildman–Crippen LogP) is -0.266. The minimum absolute atomic E-state index is 0.0488. The van der Waals surface area contributed by atoms with Crippen molar-refractivity contribution in [3.8, 4) is 0 Å². The van der Waals surface area contributed by atoms with E-state index >= 15 is 0 Å². The van der Waals surface area contributed by atoms with E-state index in [1.807, 2.05) is 0 Å². The number of rotatable bonds is 7. The fourth-order valence-corrected chi connectivity index (χ4v) is 3.54. The number of nitrogens with zero attached hydrogens (tertiary/aromatic N) is 1. The number of ether oxygens (including phenoxy) is 1. The van der Waals surface area contributed by atoms with Gasteiger partial charge in [0.05, 0.1) is 18.4 Å². The van der Waals surface area contributed by atoms with Gasteiger partial charge in [-0.05, 0) is 33.6 Å². The van der Waals surface area contributed by atoms with Gasteiger partial charge in [0, 0.05) is 6.04 Å². The van der Waals surface area contributed by atoms with Crippen molar-refractivity contribution in [3.05, 3.63) is 0 Å². The minimum Gasteiger partial charge on any atom is -0.454 e. The first kappa shape index (κ1) is 20.9. The summed E-state index contributed by atoms with van der Waals surface area (Å²) in [5.74, 6) is -3.16. The molecule has 0 aromatic carbocycles. The Labute approximate surface area is 158 Å². The van der Waals surface area contributed by atoms with Gasteiger partial charge in [-0.3, -0.25) is 24.1 Å². The topological polar surface area (TPSA) is 122 Å². The Morgan fingerprint density at radius 3 is 2.11 bits per heavy atom. The molecule has 0 spiro atoms. The van der Waals surface area contributed by atoms with Crippen LogP contribution >= 0.6 is 0 Å². The van der Waals surface area contributed by atoms with E-state index in [0.717, 1.165) is 17.7 Å². The molecule has 2 fully saturated rings. The molecule has 1 saturated carbocycles. The van der Waals surface area contributed by atoms with Crippen LogP contribution in [0.2, 0.25) is 0 Å². The third kappa shape index (κ3) is 5.05. The second kappa shape index (κ2) is 8.96. The first-order valence-electron chi connectivity index (χ1n) is 9.32. The van der Waals surface area contributed by atoms with E-state index in [1.165, 1.54) is 6.92 Å². The first-order chi connectivity index (χ1) is 12.7. The third-order valence-corrected chi connectivity index (χ3v) is 4.84. The molecule has 1 aliphatic heterocycles. The second-order valence-corrected chi connectivity index (χ2v) is 7.33. The molecule has 9 nitrogen and oxygen atoms in total. The summed E-state index contributed by atoms with van der Waals surface area (Å²) in [5.41, 5.74) is 0. The molecule has 27 heavy (non-hydrogen) atoms. The molecule has 3 atom stereocenters. The Kier molecular flexibility index (Phi) is 6.92. The molecule has 2 rings (SSSR count). The van der Waals surface area contributed by atoms with Crippen molar-refractivity contribution < 1.29 is 28.7 Å². The van der Waals surface area contributed by atoms with Crippen LogP contribution in [0, 0.1) is 11.8 Å². The number of carbonyl (C=O) groups excluding carboxylic acids is 5. The molecule has 2 aliphatic rings. The molecule has 1 aliphatic carbocycles. The van der Waals surface area contributed by atoms with Gasteiger partial charge in [-0.2, -0.15) is 0 Å². The Hall–Kier alpha value is -2.45. The van der Waals surface area contributed by atoms with E-state index in [-0.39, 0.29) is 42.1 Å². The summed E-state index contributed by atoms with van der Waals surface area (Å²) in [6.07, 6.45) is 3.12. The highest BCUT2D eigenvalue weighted by molar-refractivity contribution is 6.07. The lowest BCUT2D eigenvalue weighted by Crippen LogP contribution is -2.45. The highest BCUT2D eigenvalue weighted by Gasteiger charge is 2.51. The number of fused-ring (bicyclic) bond motifs is 1. The Morgan fingerprint density at radius 1 is 1.04 bits per heavy atom. The zero-order valence-corrected chi connectivity index (χ0v) is 15.9. The van der Waals surface area contributed by atoms with Gasteiger partial charge < -0.3 is 15.4 Å². The molecular weight excluding hydrogens is 354 g/mol. The zero-order chi connectivity index (χ0) is 20.1. The number of imide groups is 1. The Morgan fingerprint density at radius 2 is 1.59 bits per heavy atom. The highest BCUT2D eigenvalue weighted by Crippen LogP contribution is 2.38. The summed E-state index contributed by atoms with van der Waals surface area (Å²) >= 11 is 0. The van der Waals surface area contributed by atoms with E-state index in [1.54, 1.807) is 13.8 Å². The summed E-state index contributed by atoms with van der Waals surface area (Å²) in [6, 6.07) is -1.13. The number of esters is 1. The van der Waals surface area contributed by atoms with Crippen LogP contribution < -0.4 is 10.6 Å². The van der Waals surface area contributed by atoms with Gasteiger partial charge in [-0.1, -0.05) is 12.8 Å². The van der Waals surface area contributed by atoms with E-state index in [4.69, 9.17) is 4.74 Å². The summed E-state index contributed by atoms with van der Waals surface area (Å²) in [5, 5.41) is 4.94. The fraction of sp³-hybridized carbons (Fsp3) is 0.722. The van der Waals surface area contributed by atoms with Crippen molar-refractivity contribution in [1.82, 2.24) is 15.5 Å². The van der Waals surface area contributed by atoms with Gasteiger partial charge in [-0.15, -0.1) is 0 Å². The van der Waals surface area contributed by atoms with Gasteiger partial charge in [0.2, 0.25) is 17.7 Å². The molecule has 150 valence electrons. The lowest BCUT2D eigenvalue weighted by atomic mass is 9.81. The van der Waals surface area contributed by atoms with Crippen LogP contribution in [0.5, 0.6) is 0 Å². The summed E-state index contributed by atoms with van der Waals surface area (Å²) in [6.45, 7) is 4.20.